The number of halogens is 2. The summed E-state index contributed by atoms with van der Waals surface area (Å²) in [5, 5.41) is 53.9. The average Bonchev–Trinajstić information content (AvgIpc) is 1.63. The molecule has 0 saturated carbocycles. The number of aliphatic hydroxyl groups excluding tert-OH is 2. The number of fused-ring (bicyclic) bond motifs is 1. The molecule has 125 heavy (non-hydrogen) atoms. The molecule has 33 heteroatoms. The second-order valence-electron chi connectivity index (χ2n) is 32.0. The van der Waals surface area contributed by atoms with Crippen molar-refractivity contribution in [1.82, 2.24) is 59.2 Å². The van der Waals surface area contributed by atoms with Gasteiger partial charge in [-0.25, -0.2) is 19.1 Å². The Labute approximate surface area is 735 Å². The van der Waals surface area contributed by atoms with E-state index in [4.69, 9.17) is 44.6 Å². The van der Waals surface area contributed by atoms with E-state index < -0.39 is 45.7 Å². The first-order valence-electron chi connectivity index (χ1n) is 41.9. The van der Waals surface area contributed by atoms with E-state index in [-0.39, 0.29) is 70.2 Å². The molecule has 2 amide bonds. The van der Waals surface area contributed by atoms with Crippen LogP contribution in [0.5, 0.6) is 0 Å². The average molecular weight is 1750 g/mol. The van der Waals surface area contributed by atoms with Gasteiger partial charge in [-0.3, -0.25) is 32.8 Å². The zero-order chi connectivity index (χ0) is 88.4. The topological polar surface area (TPSA) is 320 Å². The maximum atomic E-state index is 14.3. The minimum Gasteiger partial charge on any atom is -0.443 e. The normalized spacial score (nSPS) is 18.9. The Balaban J connectivity index is 0.000000138. The SMILES string of the molecule is C1=CCN(c2ccn(Cc3ccccc3)n2)CC1.CC(C)(C)OC(=O)N1Cc2nc(-c3c(F)cccc3C#N)cc(Cl)c2C1=O.CO[C@H]1CN(c2ccn(Cc3ccccc3)n2)CC[C@H]1OC.CO[C@H]1CN(c2ccn[nH]2)CC[C@H]1OC.CS(=O)(=O)OC1CCN(c2ccn(Cc3ccccc3)n2)CC1.O[C@@H]1CCN(c2ccn(Cc3ccccc3)n2)C[C@@H]1O. The number of carbonyl (C=O) groups excluding carboxylic acids is 2. The molecule has 12 heterocycles. The number of nitrogens with one attached hydrogen (secondary N) is 1. The molecule has 6 aliphatic rings. The maximum Gasteiger partial charge on any atom is 0.417 e. The first-order valence-corrected chi connectivity index (χ1v) is 44.1. The number of aliphatic hydroxyl groups is 2. The number of hydrogen-bond acceptors (Lipinski definition) is 24. The second-order valence-corrected chi connectivity index (χ2v) is 34.0. The monoisotopic (exact) mass is 1750 g/mol. The molecule has 0 radical (unpaired) electrons. The lowest BCUT2D eigenvalue weighted by Gasteiger charge is -2.37. The van der Waals surface area contributed by atoms with Gasteiger partial charge in [0.05, 0.1) is 115 Å². The maximum absolute atomic E-state index is 14.3. The highest BCUT2D eigenvalue weighted by Crippen LogP contribution is 2.36. The Morgan fingerprint density at radius 2 is 1.01 bits per heavy atom. The molecule has 5 aromatic carbocycles. The second kappa shape index (κ2) is 44.8. The Kier molecular flexibility index (Phi) is 33.2. The molecule has 0 unspecified atom stereocenters. The van der Waals surface area contributed by atoms with Crippen LogP contribution in [-0.2, 0) is 70.7 Å². The van der Waals surface area contributed by atoms with Crippen LogP contribution < -0.4 is 24.5 Å². The van der Waals surface area contributed by atoms with Crippen LogP contribution in [-0.4, -0.2) is 238 Å². The van der Waals surface area contributed by atoms with Crippen molar-refractivity contribution in [3.63, 3.8) is 0 Å². The molecule has 3 N–H and O–H groups in total. The molecule has 662 valence electrons. The third-order valence-corrected chi connectivity index (χ3v) is 22.7. The van der Waals surface area contributed by atoms with Gasteiger partial charge in [-0.05, 0) is 99.7 Å². The Morgan fingerprint density at radius 1 is 0.552 bits per heavy atom. The van der Waals surface area contributed by atoms with Crippen molar-refractivity contribution in [2.45, 2.75) is 140 Å². The number of carbonyl (C=O) groups is 2. The summed E-state index contributed by atoms with van der Waals surface area (Å²) >= 11 is 6.23. The summed E-state index contributed by atoms with van der Waals surface area (Å²) in [5.74, 6) is 3.66. The molecule has 4 saturated heterocycles. The van der Waals surface area contributed by atoms with Gasteiger partial charge in [0.25, 0.3) is 16.0 Å². The predicted molar refractivity (Wildman–Crippen MR) is 478 cm³/mol. The minimum atomic E-state index is -3.37. The number of aromatic amines is 1. The zero-order valence-electron chi connectivity index (χ0n) is 71.9. The fourth-order valence-corrected chi connectivity index (χ4v) is 16.3. The van der Waals surface area contributed by atoms with Gasteiger partial charge in [0, 0.05) is 149 Å². The van der Waals surface area contributed by atoms with Crippen molar-refractivity contribution in [2.75, 3.05) is 125 Å². The van der Waals surface area contributed by atoms with Crippen LogP contribution in [0.2, 0.25) is 5.02 Å². The summed E-state index contributed by atoms with van der Waals surface area (Å²) in [7, 11) is 3.59. The van der Waals surface area contributed by atoms with Gasteiger partial charge >= 0.3 is 6.09 Å². The van der Waals surface area contributed by atoms with Crippen LogP contribution in [0, 0.1) is 17.1 Å². The molecule has 6 aromatic heterocycles. The smallest absolute Gasteiger partial charge is 0.417 e. The van der Waals surface area contributed by atoms with Crippen LogP contribution in [0.25, 0.3) is 11.3 Å². The third kappa shape index (κ3) is 26.7. The lowest BCUT2D eigenvalue weighted by molar-refractivity contribution is -0.0442. The molecule has 4 fully saturated rings. The first kappa shape index (κ1) is 92.5. The Bertz CT molecular complexity index is 5380. The summed E-state index contributed by atoms with van der Waals surface area (Å²) in [5.41, 5.74) is 4.67. The van der Waals surface area contributed by atoms with Crippen LogP contribution >= 0.6 is 11.6 Å². The summed E-state index contributed by atoms with van der Waals surface area (Å²) in [6, 6.07) is 58.6. The number of H-pyrrole nitrogens is 1. The predicted octanol–water partition coefficient (Wildman–Crippen LogP) is 12.6. The van der Waals surface area contributed by atoms with Gasteiger partial charge in [0.2, 0.25) is 0 Å². The van der Waals surface area contributed by atoms with Crippen molar-refractivity contribution in [1.29, 1.82) is 5.26 Å². The van der Waals surface area contributed by atoms with E-state index in [0.29, 0.717) is 25.8 Å². The molecule has 0 spiro atoms. The highest BCUT2D eigenvalue weighted by Gasteiger charge is 2.39. The standard InChI is InChI=1S/C19H15ClFN3O3.C17H23N3O2.C16H21N3O3S.C15H19N3O2.C15H17N3.C10H17N3O2/c1-19(2,3)27-18(26)24-9-14-16(17(24)25)11(20)7-13(23-14)15-10(8-22)5-4-6-12(15)21;1-21-15-8-10-19(13-16(15)22-2)17-9-11-20(18-17)12-14-6-4-3-5-7-14;1-23(20,21)22-15-7-10-18(11-8-15)16-9-12-19(17-16)13-14-5-3-2-4-6-14;19-13-6-8-17(11-14(13)20)15-7-9-18(16-15)10-12-4-2-1-3-5-12;1-3-7-14(8-4-1)13-18-12-9-15(16-18)17-10-5-2-6-11-17;1-14-8-4-6-13(7-9(8)15-2)10-3-5-11-12-10/h4-7H,9H2,1-3H3;3-7,9,11,15-16H,8,10,12-13H2,1-2H3;2-6,9,12,15H,7-8,10-11,13H2,1H3;1-5,7,9,13-14,19-20H,6,8,10-11H2;1-5,7-9,12H,6,10-11,13H2;3,5,8-9H,4,6-7H2,1-2H3,(H,11,12)/t;15-,16+;;13-,14+;;8-,9+/m.1.1.1/s1. The summed E-state index contributed by atoms with van der Waals surface area (Å²) in [4.78, 5) is 41.0. The van der Waals surface area contributed by atoms with Crippen molar-refractivity contribution >= 4 is 62.8 Å². The molecule has 0 bridgehead atoms. The molecule has 30 nitrogen and oxygen atoms in total. The van der Waals surface area contributed by atoms with Crippen molar-refractivity contribution < 1.29 is 60.5 Å². The highest BCUT2D eigenvalue weighted by molar-refractivity contribution is 7.86. The zero-order valence-corrected chi connectivity index (χ0v) is 73.5. The van der Waals surface area contributed by atoms with E-state index in [1.807, 2.05) is 115 Å². The van der Waals surface area contributed by atoms with Crippen LogP contribution in [0.3, 0.4) is 0 Å². The molecule has 6 aliphatic heterocycles. The molecule has 17 rings (SSSR count). The number of β-amino-alcohol motifs (C(OH)–C–C–N with tert-alkyl or cyclic N) is 1. The quantitative estimate of drug-likeness (QED) is 0.0471. The van der Waals surface area contributed by atoms with Gasteiger partial charge in [0.1, 0.15) is 29.4 Å². The van der Waals surface area contributed by atoms with E-state index in [1.54, 1.807) is 55.4 Å². The largest absolute Gasteiger partial charge is 0.443 e. The van der Waals surface area contributed by atoms with Crippen LogP contribution in [0.4, 0.5) is 38.3 Å². The van der Waals surface area contributed by atoms with Gasteiger partial charge < -0.3 is 58.4 Å². The van der Waals surface area contributed by atoms with Gasteiger partial charge in [0.15, 0.2) is 23.3 Å². The number of pyridine rings is 1. The number of aromatic nitrogens is 11. The fourth-order valence-electron chi connectivity index (χ4n) is 15.3. The fraction of sp³-hybridized carbons (Fsp3) is 0.402. The summed E-state index contributed by atoms with van der Waals surface area (Å²) < 4.78 is 76.6. The summed E-state index contributed by atoms with van der Waals surface area (Å²) in [6.45, 7) is 16.3. The van der Waals surface area contributed by atoms with Gasteiger partial charge in [-0.2, -0.15) is 39.2 Å². The highest BCUT2D eigenvalue weighted by atomic mass is 35.5. The van der Waals surface area contributed by atoms with E-state index in [0.717, 1.165) is 145 Å². The number of benzene rings is 5. The van der Waals surface area contributed by atoms with Crippen molar-refractivity contribution in [2.24, 2.45) is 0 Å². The van der Waals surface area contributed by atoms with E-state index >= 15 is 0 Å². The number of nitriles is 1. The number of hydrogen-bond donors (Lipinski definition) is 3. The molecule has 6 atom stereocenters. The Morgan fingerprint density at radius 3 is 1.45 bits per heavy atom. The number of anilines is 5. The van der Waals surface area contributed by atoms with Gasteiger partial charge in [-0.1, -0.05) is 151 Å². The van der Waals surface area contributed by atoms with Crippen LogP contribution in [0.15, 0.2) is 219 Å². The van der Waals surface area contributed by atoms with Crippen LogP contribution in [0.1, 0.15) is 103 Å². The number of amides is 2. The van der Waals surface area contributed by atoms with Gasteiger partial charge in [-0.15, -0.1) is 0 Å². The van der Waals surface area contributed by atoms with Crippen molar-refractivity contribution in [3.8, 4) is 17.3 Å². The van der Waals surface area contributed by atoms with E-state index in [9.17, 15) is 37.9 Å². The number of ether oxygens (including phenoxy) is 5. The number of imide groups is 1. The third-order valence-electron chi connectivity index (χ3n) is 21.8. The molecule has 0 aliphatic carbocycles. The number of nitrogens with zero attached hydrogens (tertiary/aromatic N) is 17. The van der Waals surface area contributed by atoms with E-state index in [2.05, 4.69) is 153 Å². The lowest BCUT2D eigenvalue weighted by atomic mass is 10.0. The number of piperidine rings is 4. The van der Waals surface area contributed by atoms with Crippen molar-refractivity contribution in [3.05, 3.63) is 269 Å². The first-order chi connectivity index (χ1) is 60.4. The number of methoxy groups -OCH3 is 4. The Hall–Kier alpha value is -11.6. The molecular formula is C92H112ClFN18O12S. The summed E-state index contributed by atoms with van der Waals surface area (Å²) in [6.07, 6.45) is 18.6. The molecular weight excluding hydrogens is 1640 g/mol. The minimum absolute atomic E-state index is 0.00660. The lowest BCUT2D eigenvalue weighted by Crippen LogP contribution is -2.48. The number of rotatable bonds is 20. The van der Waals surface area contributed by atoms with E-state index in [1.165, 1.54) is 46.5 Å². The molecule has 11 aromatic rings.